The summed E-state index contributed by atoms with van der Waals surface area (Å²) < 4.78 is 28.3. The Morgan fingerprint density at radius 2 is 1.80 bits per heavy atom. The van der Waals surface area contributed by atoms with E-state index >= 15 is 0 Å². The molecule has 1 aliphatic heterocycles. The van der Waals surface area contributed by atoms with Crippen LogP contribution in [0.4, 0.5) is 4.79 Å². The van der Waals surface area contributed by atoms with Crippen LogP contribution in [0.1, 0.15) is 43.6 Å². The molecule has 2 heterocycles. The smallest absolute Gasteiger partial charge is 0.497 e. The Bertz CT molecular complexity index is 976. The molecule has 194 valence electrons. The number of carbonyl (C=O) groups is 1. The van der Waals surface area contributed by atoms with Crippen molar-refractivity contribution in [3.63, 3.8) is 0 Å². The van der Waals surface area contributed by atoms with Gasteiger partial charge < -0.3 is 39.0 Å². The van der Waals surface area contributed by atoms with Crippen LogP contribution in [0, 0.1) is 6.92 Å². The minimum Gasteiger partial charge on any atom is -0.497 e. The number of nitrogens with zero attached hydrogens (tertiary/aromatic N) is 2. The van der Waals surface area contributed by atoms with Crippen molar-refractivity contribution in [3.8, 4) is 11.6 Å². The summed E-state index contributed by atoms with van der Waals surface area (Å²) in [5.74, 6) is 0.965. The van der Waals surface area contributed by atoms with Crippen molar-refractivity contribution in [2.24, 2.45) is 0 Å². The van der Waals surface area contributed by atoms with Crippen molar-refractivity contribution in [2.75, 3.05) is 20.3 Å². The molecule has 0 radical (unpaired) electrons. The Balaban J connectivity index is 1.83. The number of aliphatic hydroxyl groups is 3. The standard InChI is InChI=1S/C24H34N2O9/c1-6-32-24(30)33-12-18-19(27)20(28)21(29)23(34-18)35-22-17(14(4)26(25-22)13(2)3)11-15-7-9-16(31-5)10-8-15/h7-10,13,18-21,23,27-29H,6,11-12H2,1-5H3/t18-,19-,20+,21-,23+/m1/s1. The van der Waals surface area contributed by atoms with Crippen molar-refractivity contribution in [1.82, 2.24) is 9.78 Å². The van der Waals surface area contributed by atoms with E-state index in [-0.39, 0.29) is 18.5 Å². The highest BCUT2D eigenvalue weighted by molar-refractivity contribution is 5.59. The first-order chi connectivity index (χ1) is 16.7. The average molecular weight is 495 g/mol. The highest BCUT2D eigenvalue weighted by Gasteiger charge is 2.46. The first-order valence-electron chi connectivity index (χ1n) is 11.5. The molecule has 0 amide bonds. The molecule has 1 aromatic heterocycles. The zero-order valence-corrected chi connectivity index (χ0v) is 20.6. The van der Waals surface area contributed by atoms with Crippen LogP contribution < -0.4 is 9.47 Å². The summed E-state index contributed by atoms with van der Waals surface area (Å²) in [6.07, 6.45) is -7.64. The topological polar surface area (TPSA) is 142 Å². The molecule has 2 aromatic rings. The van der Waals surface area contributed by atoms with Gasteiger partial charge in [0.2, 0.25) is 12.2 Å². The summed E-state index contributed by atoms with van der Waals surface area (Å²) >= 11 is 0. The number of ether oxygens (including phenoxy) is 5. The third kappa shape index (κ3) is 6.23. The van der Waals surface area contributed by atoms with Gasteiger partial charge in [-0.05, 0) is 45.4 Å². The molecule has 11 nitrogen and oxygen atoms in total. The van der Waals surface area contributed by atoms with E-state index in [2.05, 4.69) is 5.10 Å². The summed E-state index contributed by atoms with van der Waals surface area (Å²) in [4.78, 5) is 11.5. The highest BCUT2D eigenvalue weighted by atomic mass is 16.7. The van der Waals surface area contributed by atoms with Crippen LogP contribution in [-0.4, -0.2) is 82.3 Å². The zero-order valence-electron chi connectivity index (χ0n) is 20.6. The first-order valence-corrected chi connectivity index (χ1v) is 11.5. The number of hydrogen-bond donors (Lipinski definition) is 3. The molecule has 0 unspecified atom stereocenters. The van der Waals surface area contributed by atoms with Crippen LogP contribution in [0.25, 0.3) is 0 Å². The first kappa shape index (κ1) is 26.7. The van der Waals surface area contributed by atoms with Gasteiger partial charge in [-0.1, -0.05) is 12.1 Å². The van der Waals surface area contributed by atoms with Gasteiger partial charge >= 0.3 is 6.16 Å². The van der Waals surface area contributed by atoms with Crippen LogP contribution in [0.2, 0.25) is 0 Å². The molecular formula is C24H34N2O9. The second-order valence-corrected chi connectivity index (χ2v) is 8.56. The third-order valence-corrected chi connectivity index (χ3v) is 5.79. The van der Waals surface area contributed by atoms with Gasteiger partial charge in [0.1, 0.15) is 36.8 Å². The Labute approximate surface area is 204 Å². The minimum atomic E-state index is -1.59. The summed E-state index contributed by atoms with van der Waals surface area (Å²) in [6.45, 7) is 7.23. The second kappa shape index (κ2) is 11.7. The molecule has 11 heteroatoms. The second-order valence-electron chi connectivity index (χ2n) is 8.56. The molecule has 35 heavy (non-hydrogen) atoms. The van der Waals surface area contributed by atoms with E-state index in [0.717, 1.165) is 22.6 Å². The molecule has 1 saturated heterocycles. The number of aromatic nitrogens is 2. The average Bonchev–Trinajstić information content (AvgIpc) is 3.14. The fourth-order valence-electron chi connectivity index (χ4n) is 3.85. The lowest BCUT2D eigenvalue weighted by Crippen LogP contribution is -2.60. The van der Waals surface area contributed by atoms with Crippen LogP contribution >= 0.6 is 0 Å². The van der Waals surface area contributed by atoms with Crippen molar-refractivity contribution in [3.05, 3.63) is 41.1 Å². The highest BCUT2D eigenvalue weighted by Crippen LogP contribution is 2.31. The molecule has 0 aliphatic carbocycles. The maximum Gasteiger partial charge on any atom is 0.508 e. The van der Waals surface area contributed by atoms with E-state index in [9.17, 15) is 20.1 Å². The van der Waals surface area contributed by atoms with Crippen molar-refractivity contribution in [1.29, 1.82) is 0 Å². The zero-order chi connectivity index (χ0) is 25.7. The van der Waals surface area contributed by atoms with Crippen molar-refractivity contribution < 1.29 is 43.8 Å². The predicted octanol–water partition coefficient (Wildman–Crippen LogP) is 1.73. The van der Waals surface area contributed by atoms with Crippen LogP contribution in [-0.2, 0) is 20.6 Å². The van der Waals surface area contributed by atoms with Gasteiger partial charge in [0.15, 0.2) is 0 Å². The number of aliphatic hydroxyl groups excluding tert-OH is 3. The predicted molar refractivity (Wildman–Crippen MR) is 123 cm³/mol. The van der Waals surface area contributed by atoms with E-state index in [4.69, 9.17) is 23.7 Å². The molecule has 5 atom stereocenters. The normalized spacial score (nSPS) is 24.3. The van der Waals surface area contributed by atoms with Crippen LogP contribution in [0.3, 0.4) is 0 Å². The van der Waals surface area contributed by atoms with E-state index in [1.807, 2.05) is 45.0 Å². The lowest BCUT2D eigenvalue weighted by molar-refractivity contribution is -0.278. The molecule has 1 aromatic carbocycles. The van der Waals surface area contributed by atoms with Gasteiger partial charge in [-0.2, -0.15) is 0 Å². The van der Waals surface area contributed by atoms with Crippen LogP contribution in [0.5, 0.6) is 11.6 Å². The molecule has 0 spiro atoms. The summed E-state index contributed by atoms with van der Waals surface area (Å²) in [7, 11) is 1.60. The van der Waals surface area contributed by atoms with Gasteiger partial charge in [0.25, 0.3) is 0 Å². The molecule has 1 fully saturated rings. The van der Waals surface area contributed by atoms with E-state index in [1.165, 1.54) is 0 Å². The number of hydrogen-bond acceptors (Lipinski definition) is 10. The Morgan fingerprint density at radius 3 is 2.40 bits per heavy atom. The lowest BCUT2D eigenvalue weighted by atomic mass is 9.99. The SMILES string of the molecule is CCOC(=O)OC[C@H]1O[C@@H](Oc2nn(C(C)C)c(C)c2Cc2ccc(OC)cc2)[C@H](O)[C@@H](O)[C@@H]1O. The van der Waals surface area contributed by atoms with Gasteiger partial charge in [-0.15, -0.1) is 5.10 Å². The Hall–Kier alpha value is -2.86. The van der Waals surface area contributed by atoms with Gasteiger partial charge in [-0.25, -0.2) is 4.79 Å². The number of rotatable bonds is 9. The quantitative estimate of drug-likeness (QED) is 0.441. The van der Waals surface area contributed by atoms with Crippen molar-refractivity contribution in [2.45, 2.75) is 70.9 Å². The maximum absolute atomic E-state index is 11.5. The largest absolute Gasteiger partial charge is 0.508 e. The van der Waals surface area contributed by atoms with Gasteiger partial charge in [-0.3, -0.25) is 4.68 Å². The molecular weight excluding hydrogens is 460 g/mol. The summed E-state index contributed by atoms with van der Waals surface area (Å²) in [5.41, 5.74) is 2.64. The summed E-state index contributed by atoms with van der Waals surface area (Å²) in [5, 5.41) is 35.8. The lowest BCUT2D eigenvalue weighted by Gasteiger charge is -2.39. The molecule has 1 aliphatic rings. The molecule has 3 N–H and O–H groups in total. The molecule has 0 saturated carbocycles. The molecule has 3 rings (SSSR count). The Morgan fingerprint density at radius 1 is 1.11 bits per heavy atom. The minimum absolute atomic E-state index is 0.0392. The monoisotopic (exact) mass is 494 g/mol. The van der Waals surface area contributed by atoms with Crippen LogP contribution in [0.15, 0.2) is 24.3 Å². The fraction of sp³-hybridized carbons (Fsp3) is 0.583. The van der Waals surface area contributed by atoms with Gasteiger partial charge in [0.05, 0.1) is 13.7 Å². The Kier molecular flexibility index (Phi) is 8.95. The van der Waals surface area contributed by atoms with Gasteiger partial charge in [0, 0.05) is 23.7 Å². The van der Waals surface area contributed by atoms with E-state index in [0.29, 0.717) is 6.42 Å². The third-order valence-electron chi connectivity index (χ3n) is 5.79. The van der Waals surface area contributed by atoms with E-state index < -0.39 is 43.5 Å². The maximum atomic E-state index is 11.5. The number of benzene rings is 1. The van der Waals surface area contributed by atoms with Crippen molar-refractivity contribution >= 4 is 6.16 Å². The fourth-order valence-corrected chi connectivity index (χ4v) is 3.85. The molecule has 0 bridgehead atoms. The van der Waals surface area contributed by atoms with E-state index in [1.54, 1.807) is 18.7 Å². The number of carbonyl (C=O) groups excluding carboxylic acids is 1. The number of methoxy groups -OCH3 is 1. The summed E-state index contributed by atoms with van der Waals surface area (Å²) in [6, 6.07) is 7.63.